The summed E-state index contributed by atoms with van der Waals surface area (Å²) in [5.41, 5.74) is 7.99. The quantitative estimate of drug-likeness (QED) is 0.897. The Morgan fingerprint density at radius 2 is 1.96 bits per heavy atom. The second kappa shape index (κ2) is 8.43. The maximum absolute atomic E-state index is 12.7. The van der Waals surface area contributed by atoms with E-state index in [1.165, 1.54) is 0 Å². The molecule has 1 aromatic carbocycles. The van der Waals surface area contributed by atoms with Gasteiger partial charge in [-0.25, -0.2) is 4.98 Å². The van der Waals surface area contributed by atoms with Gasteiger partial charge in [0.15, 0.2) is 0 Å². The molecule has 126 valence electrons. The van der Waals surface area contributed by atoms with Crippen molar-refractivity contribution >= 4 is 41.8 Å². The van der Waals surface area contributed by atoms with Gasteiger partial charge >= 0.3 is 0 Å². The highest BCUT2D eigenvalue weighted by Crippen LogP contribution is 2.21. The van der Waals surface area contributed by atoms with Gasteiger partial charge in [0.25, 0.3) is 5.91 Å². The van der Waals surface area contributed by atoms with Crippen LogP contribution in [-0.4, -0.2) is 39.4 Å². The monoisotopic (exact) mass is 356 g/mol. The van der Waals surface area contributed by atoms with Gasteiger partial charge in [-0.3, -0.25) is 9.78 Å². The van der Waals surface area contributed by atoms with E-state index in [1.807, 2.05) is 36.1 Å². The summed E-state index contributed by atoms with van der Waals surface area (Å²) in [6.07, 6.45) is 4.68. The topological polar surface area (TPSA) is 72.1 Å². The number of rotatable bonds is 2. The van der Waals surface area contributed by atoms with Crippen LogP contribution in [0, 0.1) is 0 Å². The highest BCUT2D eigenvalue weighted by atomic mass is 35.5. The van der Waals surface area contributed by atoms with Crippen molar-refractivity contribution in [3.05, 3.63) is 36.2 Å². The summed E-state index contributed by atoms with van der Waals surface area (Å²) in [6.45, 7) is 2.71. The highest BCUT2D eigenvalue weighted by Gasteiger charge is 2.30. The van der Waals surface area contributed by atoms with Gasteiger partial charge in [0.05, 0.1) is 17.2 Å². The van der Waals surface area contributed by atoms with E-state index in [0.717, 1.165) is 36.8 Å². The van der Waals surface area contributed by atoms with Gasteiger partial charge in [-0.2, -0.15) is 0 Å². The van der Waals surface area contributed by atoms with Gasteiger partial charge in [-0.1, -0.05) is 12.1 Å². The maximum Gasteiger partial charge on any atom is 0.274 e. The summed E-state index contributed by atoms with van der Waals surface area (Å²) in [5, 5.41) is 0. The third kappa shape index (κ3) is 4.10. The van der Waals surface area contributed by atoms with E-state index >= 15 is 0 Å². The Morgan fingerprint density at radius 3 is 2.65 bits per heavy atom. The van der Waals surface area contributed by atoms with Gasteiger partial charge in [0.2, 0.25) is 0 Å². The van der Waals surface area contributed by atoms with E-state index < -0.39 is 0 Å². The van der Waals surface area contributed by atoms with Crippen LogP contribution in [0.1, 0.15) is 36.7 Å². The molecular weight excluding hydrogens is 335 g/mol. The van der Waals surface area contributed by atoms with Crippen LogP contribution in [-0.2, 0) is 0 Å². The van der Waals surface area contributed by atoms with Crippen LogP contribution in [0.4, 0.5) is 0 Å². The van der Waals surface area contributed by atoms with Gasteiger partial charge in [0.1, 0.15) is 5.69 Å². The number of carbonyl (C=O) groups is 1. The predicted octanol–water partition coefficient (Wildman–Crippen LogP) is 2.82. The van der Waals surface area contributed by atoms with Crippen molar-refractivity contribution in [3.63, 3.8) is 0 Å². The van der Waals surface area contributed by atoms with Gasteiger partial charge in [0, 0.05) is 18.6 Å². The Kier molecular flexibility index (Phi) is 7.19. The van der Waals surface area contributed by atoms with Crippen LogP contribution in [0.3, 0.4) is 0 Å². The Balaban J connectivity index is 0.00000132. The van der Waals surface area contributed by atoms with Crippen LogP contribution >= 0.6 is 24.8 Å². The summed E-state index contributed by atoms with van der Waals surface area (Å²) < 4.78 is 0. The number of piperidine rings is 1. The Labute approximate surface area is 148 Å². The van der Waals surface area contributed by atoms with Crippen LogP contribution < -0.4 is 5.73 Å². The number of hydrogen-bond donors (Lipinski definition) is 1. The molecule has 2 unspecified atom stereocenters. The molecule has 0 saturated carbocycles. The molecule has 2 atom stereocenters. The van der Waals surface area contributed by atoms with Crippen molar-refractivity contribution in [2.24, 2.45) is 5.73 Å². The molecule has 5 nitrogen and oxygen atoms in total. The van der Waals surface area contributed by atoms with Crippen LogP contribution in [0.15, 0.2) is 30.5 Å². The first-order valence-electron chi connectivity index (χ1n) is 7.45. The van der Waals surface area contributed by atoms with E-state index in [9.17, 15) is 4.79 Å². The molecule has 0 radical (unpaired) electrons. The van der Waals surface area contributed by atoms with E-state index in [0.29, 0.717) is 5.69 Å². The largest absolute Gasteiger partial charge is 0.333 e. The number of fused-ring (bicyclic) bond motifs is 1. The molecule has 0 bridgehead atoms. The third-order valence-corrected chi connectivity index (χ3v) is 4.08. The van der Waals surface area contributed by atoms with Crippen LogP contribution in [0.5, 0.6) is 0 Å². The second-order valence-corrected chi connectivity index (χ2v) is 5.66. The first kappa shape index (κ1) is 19.6. The molecule has 2 heterocycles. The second-order valence-electron chi connectivity index (χ2n) is 5.66. The standard InChI is InChI=1S/C16H20N4O.2ClH/c1-11(17)15-8-4-5-9-20(15)16(21)14-10-18-12-6-2-3-7-13(12)19-14;;/h2-3,6-7,10-11,15H,4-5,8-9,17H2,1H3;2*1H. The molecule has 0 aliphatic carbocycles. The average Bonchev–Trinajstić information content (AvgIpc) is 2.53. The van der Waals surface area contributed by atoms with Crippen molar-refractivity contribution in [1.29, 1.82) is 0 Å². The van der Waals surface area contributed by atoms with Gasteiger partial charge in [-0.05, 0) is 38.3 Å². The lowest BCUT2D eigenvalue weighted by atomic mass is 9.96. The van der Waals surface area contributed by atoms with Crippen molar-refractivity contribution in [1.82, 2.24) is 14.9 Å². The molecule has 7 heteroatoms. The molecule has 1 amide bonds. The number of nitrogens with two attached hydrogens (primary N) is 1. The number of hydrogen-bond acceptors (Lipinski definition) is 4. The highest BCUT2D eigenvalue weighted by molar-refractivity contribution is 5.94. The molecule has 2 aromatic rings. The fourth-order valence-electron chi connectivity index (χ4n) is 2.96. The SMILES string of the molecule is CC(N)C1CCCCN1C(=O)c1cnc2ccccc2n1.Cl.Cl. The number of halogens is 2. The van der Waals surface area contributed by atoms with Crippen molar-refractivity contribution < 1.29 is 4.79 Å². The molecule has 23 heavy (non-hydrogen) atoms. The van der Waals surface area contributed by atoms with E-state index in [-0.39, 0.29) is 42.8 Å². The Hall–Kier alpha value is -1.43. The predicted molar refractivity (Wildman–Crippen MR) is 96.4 cm³/mol. The molecule has 1 aliphatic heterocycles. The third-order valence-electron chi connectivity index (χ3n) is 4.08. The summed E-state index contributed by atoms with van der Waals surface area (Å²) in [6, 6.07) is 7.65. The molecule has 1 aliphatic rings. The fourth-order valence-corrected chi connectivity index (χ4v) is 2.96. The minimum Gasteiger partial charge on any atom is -0.333 e. The minimum atomic E-state index is -0.0600. The normalized spacial score (nSPS) is 18.7. The fraction of sp³-hybridized carbons (Fsp3) is 0.438. The number of likely N-dealkylation sites (tertiary alicyclic amines) is 1. The number of para-hydroxylation sites is 2. The number of benzene rings is 1. The first-order valence-corrected chi connectivity index (χ1v) is 7.45. The van der Waals surface area contributed by atoms with E-state index in [4.69, 9.17) is 5.73 Å². The lowest BCUT2D eigenvalue weighted by Gasteiger charge is -2.37. The summed E-state index contributed by atoms with van der Waals surface area (Å²) in [4.78, 5) is 23.4. The van der Waals surface area contributed by atoms with Crippen molar-refractivity contribution in [2.75, 3.05) is 6.54 Å². The molecule has 2 N–H and O–H groups in total. The Bertz CT molecular complexity index is 665. The number of amides is 1. The van der Waals surface area contributed by atoms with Gasteiger partial charge < -0.3 is 10.6 Å². The number of aromatic nitrogens is 2. The average molecular weight is 357 g/mol. The minimum absolute atomic E-state index is 0. The van der Waals surface area contributed by atoms with Crippen molar-refractivity contribution in [2.45, 2.75) is 38.3 Å². The smallest absolute Gasteiger partial charge is 0.274 e. The molecule has 3 rings (SSSR count). The summed E-state index contributed by atoms with van der Waals surface area (Å²) >= 11 is 0. The summed E-state index contributed by atoms with van der Waals surface area (Å²) in [7, 11) is 0. The summed E-state index contributed by atoms with van der Waals surface area (Å²) in [5.74, 6) is -0.0600. The van der Waals surface area contributed by atoms with Gasteiger partial charge in [-0.15, -0.1) is 24.8 Å². The first-order chi connectivity index (χ1) is 10.2. The molecule has 1 aromatic heterocycles. The maximum atomic E-state index is 12.7. The molecular formula is C16H22Cl2N4O. The zero-order valence-corrected chi connectivity index (χ0v) is 14.6. The molecule has 0 spiro atoms. The zero-order chi connectivity index (χ0) is 14.8. The Morgan fingerprint density at radius 1 is 1.26 bits per heavy atom. The van der Waals surface area contributed by atoms with E-state index in [1.54, 1.807) is 6.20 Å². The lowest BCUT2D eigenvalue weighted by molar-refractivity contribution is 0.0577. The van der Waals surface area contributed by atoms with Crippen LogP contribution in [0.2, 0.25) is 0 Å². The number of carbonyl (C=O) groups excluding carboxylic acids is 1. The molecule has 1 saturated heterocycles. The molecule has 1 fully saturated rings. The lowest BCUT2D eigenvalue weighted by Crippen LogP contribution is -2.51. The van der Waals surface area contributed by atoms with Crippen LogP contribution in [0.25, 0.3) is 11.0 Å². The zero-order valence-electron chi connectivity index (χ0n) is 13.0. The van der Waals surface area contributed by atoms with E-state index in [2.05, 4.69) is 9.97 Å². The number of nitrogens with zero attached hydrogens (tertiary/aromatic N) is 3. The van der Waals surface area contributed by atoms with Crippen molar-refractivity contribution in [3.8, 4) is 0 Å².